The lowest BCUT2D eigenvalue weighted by molar-refractivity contribution is -0.130. The van der Waals surface area contributed by atoms with Crippen molar-refractivity contribution in [3.05, 3.63) is 42.0 Å². The number of carbonyl (C=O) groups excluding carboxylic acids is 1. The smallest absolute Gasteiger partial charge is 0.222 e. The molecule has 2 aromatic rings. The first-order chi connectivity index (χ1) is 10.8. The molecule has 6 heteroatoms. The van der Waals surface area contributed by atoms with Crippen molar-refractivity contribution >= 4 is 5.91 Å². The molecule has 1 fully saturated rings. The van der Waals surface area contributed by atoms with E-state index < -0.39 is 0 Å². The minimum atomic E-state index is 0.182. The van der Waals surface area contributed by atoms with Gasteiger partial charge in [0.2, 0.25) is 12.3 Å². The molecule has 1 atom stereocenters. The van der Waals surface area contributed by atoms with E-state index in [-0.39, 0.29) is 11.8 Å². The fourth-order valence-electron chi connectivity index (χ4n) is 2.76. The number of nitrogens with zero attached hydrogens (tertiary/aromatic N) is 3. The Kier molecular flexibility index (Phi) is 4.37. The minimum absolute atomic E-state index is 0.182. The average molecular weight is 301 g/mol. The summed E-state index contributed by atoms with van der Waals surface area (Å²) in [4.78, 5) is 18.3. The summed E-state index contributed by atoms with van der Waals surface area (Å²) in [6.45, 7) is 1.45. The van der Waals surface area contributed by atoms with Crippen LogP contribution in [0.15, 0.2) is 35.2 Å². The fraction of sp³-hybridized carbons (Fsp3) is 0.438. The van der Waals surface area contributed by atoms with E-state index in [1.54, 1.807) is 7.11 Å². The molecule has 2 heterocycles. The average Bonchev–Trinajstić information content (AvgIpc) is 3.23. The second-order valence-electron chi connectivity index (χ2n) is 5.46. The molecule has 0 spiro atoms. The zero-order valence-electron chi connectivity index (χ0n) is 12.6. The van der Waals surface area contributed by atoms with E-state index in [0.717, 1.165) is 30.7 Å². The van der Waals surface area contributed by atoms with Crippen molar-refractivity contribution in [3.8, 4) is 5.75 Å². The molecular weight excluding hydrogens is 282 g/mol. The number of benzene rings is 1. The Balaban J connectivity index is 1.50. The molecule has 1 aliphatic rings. The molecule has 1 aliphatic heterocycles. The summed E-state index contributed by atoms with van der Waals surface area (Å²) in [5.41, 5.74) is 1.14. The van der Waals surface area contributed by atoms with Gasteiger partial charge in [-0.1, -0.05) is 17.3 Å². The standard InChI is InChI=1S/C16H19N3O3/c1-21-14-5-2-12(3-6-14)4-7-15(20)19-9-8-13(10-19)16-17-11-22-18-16/h2-3,5-6,11,13H,4,7-10H2,1H3/t13-/m0/s1. The summed E-state index contributed by atoms with van der Waals surface area (Å²) in [5.74, 6) is 1.91. The Morgan fingerprint density at radius 1 is 1.41 bits per heavy atom. The van der Waals surface area contributed by atoms with Gasteiger partial charge in [0.25, 0.3) is 0 Å². The summed E-state index contributed by atoms with van der Waals surface area (Å²) in [7, 11) is 1.64. The van der Waals surface area contributed by atoms with Crippen LogP contribution in [0.4, 0.5) is 0 Å². The minimum Gasteiger partial charge on any atom is -0.497 e. The Morgan fingerprint density at radius 2 is 2.23 bits per heavy atom. The number of methoxy groups -OCH3 is 1. The molecule has 3 rings (SSSR count). The number of ether oxygens (including phenoxy) is 1. The molecule has 0 unspecified atom stereocenters. The van der Waals surface area contributed by atoms with Gasteiger partial charge < -0.3 is 14.2 Å². The van der Waals surface area contributed by atoms with Gasteiger partial charge in [-0.15, -0.1) is 0 Å². The van der Waals surface area contributed by atoms with Gasteiger partial charge in [0.05, 0.1) is 7.11 Å². The van der Waals surface area contributed by atoms with Crippen LogP contribution in [-0.2, 0) is 11.2 Å². The van der Waals surface area contributed by atoms with Crippen LogP contribution in [-0.4, -0.2) is 41.1 Å². The summed E-state index contributed by atoms with van der Waals surface area (Å²) in [6, 6.07) is 7.83. The summed E-state index contributed by atoms with van der Waals surface area (Å²) in [5, 5.41) is 3.87. The van der Waals surface area contributed by atoms with E-state index in [1.807, 2.05) is 29.2 Å². The van der Waals surface area contributed by atoms with Crippen LogP contribution in [0.2, 0.25) is 0 Å². The van der Waals surface area contributed by atoms with Gasteiger partial charge in [-0.25, -0.2) is 0 Å². The molecule has 0 saturated carbocycles. The van der Waals surface area contributed by atoms with Crippen molar-refractivity contribution in [1.29, 1.82) is 0 Å². The Bertz CT molecular complexity index is 610. The van der Waals surface area contributed by atoms with Crippen LogP contribution in [0, 0.1) is 0 Å². The molecule has 1 amide bonds. The van der Waals surface area contributed by atoms with Crippen molar-refractivity contribution in [3.63, 3.8) is 0 Å². The van der Waals surface area contributed by atoms with Crippen LogP contribution >= 0.6 is 0 Å². The number of likely N-dealkylation sites (tertiary alicyclic amines) is 1. The third-order valence-electron chi connectivity index (χ3n) is 4.07. The van der Waals surface area contributed by atoms with Gasteiger partial charge in [-0.2, -0.15) is 4.98 Å². The fourth-order valence-corrected chi connectivity index (χ4v) is 2.76. The topological polar surface area (TPSA) is 68.5 Å². The molecule has 0 aliphatic carbocycles. The van der Waals surface area contributed by atoms with Gasteiger partial charge in [-0.05, 0) is 30.5 Å². The van der Waals surface area contributed by atoms with E-state index in [0.29, 0.717) is 18.8 Å². The second kappa shape index (κ2) is 6.60. The van der Waals surface area contributed by atoms with E-state index >= 15 is 0 Å². The predicted molar refractivity (Wildman–Crippen MR) is 79.6 cm³/mol. The van der Waals surface area contributed by atoms with Crippen molar-refractivity contribution in [2.75, 3.05) is 20.2 Å². The third kappa shape index (κ3) is 3.27. The molecule has 1 aromatic carbocycles. The van der Waals surface area contributed by atoms with Gasteiger partial charge in [-0.3, -0.25) is 4.79 Å². The van der Waals surface area contributed by atoms with Crippen LogP contribution in [0.25, 0.3) is 0 Å². The molecule has 116 valence electrons. The first-order valence-electron chi connectivity index (χ1n) is 7.43. The maximum atomic E-state index is 12.3. The first kappa shape index (κ1) is 14.6. The number of carbonyl (C=O) groups is 1. The van der Waals surface area contributed by atoms with Gasteiger partial charge >= 0.3 is 0 Å². The maximum Gasteiger partial charge on any atom is 0.222 e. The summed E-state index contributed by atoms with van der Waals surface area (Å²) in [6.07, 6.45) is 3.49. The molecule has 1 saturated heterocycles. The maximum absolute atomic E-state index is 12.3. The molecule has 1 aromatic heterocycles. The summed E-state index contributed by atoms with van der Waals surface area (Å²) >= 11 is 0. The monoisotopic (exact) mass is 301 g/mol. The summed E-state index contributed by atoms with van der Waals surface area (Å²) < 4.78 is 9.90. The number of rotatable bonds is 5. The third-order valence-corrected chi connectivity index (χ3v) is 4.07. The SMILES string of the molecule is COc1ccc(CCC(=O)N2CC[C@H](c3ncon3)C2)cc1. The number of amides is 1. The van der Waals surface area contributed by atoms with Crippen molar-refractivity contribution in [2.45, 2.75) is 25.2 Å². The van der Waals surface area contributed by atoms with Crippen LogP contribution < -0.4 is 4.74 Å². The predicted octanol–water partition coefficient (Wildman–Crippen LogP) is 2.03. The Labute approximate surface area is 129 Å². The van der Waals surface area contributed by atoms with Crippen molar-refractivity contribution in [1.82, 2.24) is 15.0 Å². The highest BCUT2D eigenvalue weighted by molar-refractivity contribution is 5.76. The van der Waals surface area contributed by atoms with Gasteiger partial charge in [0, 0.05) is 25.4 Å². The molecule has 6 nitrogen and oxygen atoms in total. The second-order valence-corrected chi connectivity index (χ2v) is 5.46. The van der Waals surface area contributed by atoms with E-state index in [9.17, 15) is 4.79 Å². The number of hydrogen-bond acceptors (Lipinski definition) is 5. The zero-order valence-corrected chi connectivity index (χ0v) is 12.6. The lowest BCUT2D eigenvalue weighted by Gasteiger charge is -2.15. The van der Waals surface area contributed by atoms with E-state index in [1.165, 1.54) is 6.39 Å². The molecule has 0 radical (unpaired) electrons. The lowest BCUT2D eigenvalue weighted by atomic mass is 10.1. The molecule has 0 N–H and O–H groups in total. The highest BCUT2D eigenvalue weighted by Crippen LogP contribution is 2.25. The first-order valence-corrected chi connectivity index (χ1v) is 7.43. The normalized spacial score (nSPS) is 17.7. The van der Waals surface area contributed by atoms with Crippen molar-refractivity contribution in [2.24, 2.45) is 0 Å². The molecular formula is C16H19N3O3. The largest absolute Gasteiger partial charge is 0.497 e. The molecule has 0 bridgehead atoms. The van der Waals surface area contributed by atoms with Crippen LogP contribution in [0.1, 0.15) is 30.1 Å². The number of aryl methyl sites for hydroxylation is 1. The Hall–Kier alpha value is -2.37. The lowest BCUT2D eigenvalue weighted by Crippen LogP contribution is -2.28. The van der Waals surface area contributed by atoms with Crippen molar-refractivity contribution < 1.29 is 14.1 Å². The van der Waals surface area contributed by atoms with E-state index in [4.69, 9.17) is 9.26 Å². The van der Waals surface area contributed by atoms with E-state index in [2.05, 4.69) is 10.1 Å². The number of hydrogen-bond donors (Lipinski definition) is 0. The van der Waals surface area contributed by atoms with Gasteiger partial charge in [0.1, 0.15) is 5.75 Å². The highest BCUT2D eigenvalue weighted by Gasteiger charge is 2.29. The Morgan fingerprint density at radius 3 is 2.91 bits per heavy atom. The zero-order chi connectivity index (χ0) is 15.4. The van der Waals surface area contributed by atoms with Crippen LogP contribution in [0.3, 0.4) is 0 Å². The highest BCUT2D eigenvalue weighted by atomic mass is 16.5. The van der Waals surface area contributed by atoms with Gasteiger partial charge in [0.15, 0.2) is 5.82 Å². The van der Waals surface area contributed by atoms with Crippen LogP contribution in [0.5, 0.6) is 5.75 Å². The molecule has 22 heavy (non-hydrogen) atoms. The number of aromatic nitrogens is 2. The quantitative estimate of drug-likeness (QED) is 0.845.